The molecule has 0 unspecified atom stereocenters. The number of thiophene rings is 1. The normalized spacial score (nSPS) is 23.7. The van der Waals surface area contributed by atoms with E-state index in [9.17, 15) is 4.79 Å². The number of amides is 1. The fraction of sp³-hybridized carbons (Fsp3) is 0.722. The van der Waals surface area contributed by atoms with Crippen molar-refractivity contribution < 1.29 is 4.79 Å². The first-order chi connectivity index (χ1) is 10.8. The smallest absolute Gasteiger partial charge is 0.254 e. The molecule has 2 fully saturated rings. The monoisotopic (exact) mass is 318 g/mol. The number of carbonyl (C=O) groups is 1. The van der Waals surface area contributed by atoms with Crippen molar-refractivity contribution in [3.8, 4) is 0 Å². The molecule has 0 spiro atoms. The highest BCUT2D eigenvalue weighted by Gasteiger charge is 2.30. The number of rotatable bonds is 2. The highest BCUT2D eigenvalue weighted by molar-refractivity contribution is 7.10. The van der Waals surface area contributed by atoms with E-state index in [2.05, 4.69) is 15.2 Å². The Morgan fingerprint density at radius 1 is 1.00 bits per heavy atom. The van der Waals surface area contributed by atoms with E-state index < -0.39 is 0 Å². The molecule has 0 N–H and O–H groups in total. The summed E-state index contributed by atoms with van der Waals surface area (Å²) >= 11 is 1.81. The molecule has 4 rings (SSSR count). The summed E-state index contributed by atoms with van der Waals surface area (Å²) in [6.45, 7) is 4.45. The third-order valence-corrected chi connectivity index (χ3v) is 6.79. The molecule has 1 amide bonds. The van der Waals surface area contributed by atoms with Gasteiger partial charge in [0, 0.05) is 29.4 Å². The number of aryl methyl sites for hydroxylation is 1. The average Bonchev–Trinajstić information content (AvgIpc) is 3.24. The predicted molar refractivity (Wildman–Crippen MR) is 90.7 cm³/mol. The minimum absolute atomic E-state index is 0.305. The second-order valence-electron chi connectivity index (χ2n) is 7.02. The van der Waals surface area contributed by atoms with Crippen LogP contribution in [0.1, 0.15) is 59.3 Å². The zero-order valence-electron chi connectivity index (χ0n) is 13.4. The van der Waals surface area contributed by atoms with E-state index in [1.165, 1.54) is 55.6 Å². The van der Waals surface area contributed by atoms with Gasteiger partial charge in [-0.1, -0.05) is 0 Å². The highest BCUT2D eigenvalue weighted by Crippen LogP contribution is 2.31. The molecule has 1 aliphatic carbocycles. The minimum atomic E-state index is 0.305. The lowest BCUT2D eigenvalue weighted by Gasteiger charge is -2.36. The van der Waals surface area contributed by atoms with Gasteiger partial charge in [-0.3, -0.25) is 4.79 Å². The molecule has 2 saturated heterocycles. The van der Waals surface area contributed by atoms with Gasteiger partial charge in [-0.15, -0.1) is 11.3 Å². The van der Waals surface area contributed by atoms with Gasteiger partial charge in [0.1, 0.15) is 0 Å². The second-order valence-corrected chi connectivity index (χ2v) is 7.99. The van der Waals surface area contributed by atoms with E-state index >= 15 is 0 Å². The maximum absolute atomic E-state index is 12.9. The predicted octanol–water partition coefficient (Wildman–Crippen LogP) is 3.33. The number of hydrogen-bond donors (Lipinski definition) is 0. The number of likely N-dealkylation sites (tertiary alicyclic amines) is 2. The molecule has 2 aliphatic heterocycles. The van der Waals surface area contributed by atoms with E-state index in [0.717, 1.165) is 44.0 Å². The topological polar surface area (TPSA) is 23.6 Å². The van der Waals surface area contributed by atoms with Crippen LogP contribution in [0, 0.1) is 0 Å². The van der Waals surface area contributed by atoms with Crippen molar-refractivity contribution in [3.63, 3.8) is 0 Å². The van der Waals surface area contributed by atoms with Crippen molar-refractivity contribution in [1.29, 1.82) is 0 Å². The molecule has 1 aromatic heterocycles. The van der Waals surface area contributed by atoms with Crippen molar-refractivity contribution in [2.24, 2.45) is 0 Å². The summed E-state index contributed by atoms with van der Waals surface area (Å²) in [7, 11) is 0. The summed E-state index contributed by atoms with van der Waals surface area (Å²) in [6, 6.07) is 0.725. The number of carbonyl (C=O) groups excluding carboxylic acids is 1. The molecule has 22 heavy (non-hydrogen) atoms. The van der Waals surface area contributed by atoms with Crippen molar-refractivity contribution in [3.05, 3.63) is 21.4 Å². The first-order valence-corrected chi connectivity index (χ1v) is 9.83. The molecule has 0 atom stereocenters. The van der Waals surface area contributed by atoms with Gasteiger partial charge >= 0.3 is 0 Å². The van der Waals surface area contributed by atoms with Crippen LogP contribution < -0.4 is 0 Å². The van der Waals surface area contributed by atoms with Gasteiger partial charge in [0.2, 0.25) is 0 Å². The third kappa shape index (κ3) is 2.71. The molecule has 0 radical (unpaired) electrons. The fourth-order valence-electron chi connectivity index (χ4n) is 4.38. The Hall–Kier alpha value is -0.870. The van der Waals surface area contributed by atoms with Crippen molar-refractivity contribution >= 4 is 17.2 Å². The standard InChI is InChI=1S/C18H26N2OS/c21-18(16-13-22-17-6-2-1-5-15(16)17)20-11-7-14(8-12-20)19-9-3-4-10-19/h13-14H,1-12H2. The van der Waals surface area contributed by atoms with Crippen LogP contribution in [0.25, 0.3) is 0 Å². The maximum Gasteiger partial charge on any atom is 0.254 e. The summed E-state index contributed by atoms with van der Waals surface area (Å²) in [5.74, 6) is 0.305. The fourth-order valence-corrected chi connectivity index (χ4v) is 5.50. The largest absolute Gasteiger partial charge is 0.338 e. The van der Waals surface area contributed by atoms with Gasteiger partial charge < -0.3 is 9.80 Å². The molecular weight excluding hydrogens is 292 g/mol. The van der Waals surface area contributed by atoms with E-state index in [1.54, 1.807) is 0 Å². The lowest BCUT2D eigenvalue weighted by Crippen LogP contribution is -2.46. The van der Waals surface area contributed by atoms with Gasteiger partial charge in [0.15, 0.2) is 0 Å². The molecule has 0 saturated carbocycles. The number of piperidine rings is 1. The molecular formula is C18H26N2OS. The summed E-state index contributed by atoms with van der Waals surface area (Å²) in [6.07, 6.45) is 9.90. The van der Waals surface area contributed by atoms with Crippen LogP contribution in [0.15, 0.2) is 5.38 Å². The van der Waals surface area contributed by atoms with E-state index in [-0.39, 0.29) is 0 Å². The van der Waals surface area contributed by atoms with Gasteiger partial charge in [-0.2, -0.15) is 0 Å². The van der Waals surface area contributed by atoms with Gasteiger partial charge in [0.05, 0.1) is 5.56 Å². The van der Waals surface area contributed by atoms with E-state index in [4.69, 9.17) is 0 Å². The van der Waals surface area contributed by atoms with Gasteiger partial charge in [-0.25, -0.2) is 0 Å². The number of nitrogens with zero attached hydrogens (tertiary/aromatic N) is 2. The van der Waals surface area contributed by atoms with Crippen LogP contribution in [0.3, 0.4) is 0 Å². The first-order valence-electron chi connectivity index (χ1n) is 8.95. The van der Waals surface area contributed by atoms with Gasteiger partial charge in [-0.05, 0) is 70.0 Å². The minimum Gasteiger partial charge on any atom is -0.338 e. The van der Waals surface area contributed by atoms with E-state index in [0.29, 0.717) is 5.91 Å². The Morgan fingerprint density at radius 3 is 2.50 bits per heavy atom. The SMILES string of the molecule is O=C(c1csc2c1CCCC2)N1CCC(N2CCCC2)CC1. The van der Waals surface area contributed by atoms with Crippen LogP contribution in [0.2, 0.25) is 0 Å². The molecule has 4 heteroatoms. The Bertz CT molecular complexity index is 539. The van der Waals surface area contributed by atoms with Crippen LogP contribution in [0.5, 0.6) is 0 Å². The molecule has 1 aromatic rings. The lowest BCUT2D eigenvalue weighted by atomic mass is 9.95. The Kier molecular flexibility index (Phi) is 4.23. The molecule has 120 valence electrons. The molecule has 3 nitrogen and oxygen atoms in total. The second kappa shape index (κ2) is 6.32. The lowest BCUT2D eigenvalue weighted by molar-refractivity contribution is 0.0644. The summed E-state index contributed by atoms with van der Waals surface area (Å²) in [4.78, 5) is 19.1. The van der Waals surface area contributed by atoms with Crippen molar-refractivity contribution in [1.82, 2.24) is 9.80 Å². The summed E-state index contributed by atoms with van der Waals surface area (Å²) < 4.78 is 0. The number of fused-ring (bicyclic) bond motifs is 1. The first kappa shape index (κ1) is 14.7. The maximum atomic E-state index is 12.9. The summed E-state index contributed by atoms with van der Waals surface area (Å²) in [5.41, 5.74) is 2.40. The third-order valence-electron chi connectivity index (χ3n) is 5.70. The van der Waals surface area contributed by atoms with Crippen LogP contribution in [0.4, 0.5) is 0 Å². The molecule has 3 heterocycles. The highest BCUT2D eigenvalue weighted by atomic mass is 32.1. The van der Waals surface area contributed by atoms with Crippen LogP contribution >= 0.6 is 11.3 Å². The van der Waals surface area contributed by atoms with Crippen molar-refractivity contribution in [2.45, 2.75) is 57.4 Å². The molecule has 0 aromatic carbocycles. The Morgan fingerprint density at radius 2 is 1.73 bits per heavy atom. The molecule has 0 bridgehead atoms. The Balaban J connectivity index is 1.40. The van der Waals surface area contributed by atoms with Gasteiger partial charge in [0.25, 0.3) is 5.91 Å². The average molecular weight is 318 g/mol. The molecule has 3 aliphatic rings. The quantitative estimate of drug-likeness (QED) is 0.835. The number of hydrogen-bond acceptors (Lipinski definition) is 3. The zero-order valence-corrected chi connectivity index (χ0v) is 14.2. The van der Waals surface area contributed by atoms with Crippen molar-refractivity contribution in [2.75, 3.05) is 26.2 Å². The zero-order chi connectivity index (χ0) is 14.9. The van der Waals surface area contributed by atoms with Crippen LogP contribution in [-0.4, -0.2) is 47.9 Å². The van der Waals surface area contributed by atoms with Crippen LogP contribution in [-0.2, 0) is 12.8 Å². The van der Waals surface area contributed by atoms with E-state index in [1.807, 2.05) is 11.3 Å². The Labute approximate surface area is 137 Å². The summed E-state index contributed by atoms with van der Waals surface area (Å²) in [5, 5.41) is 2.13.